The molecule has 0 radical (unpaired) electrons. The second-order valence-corrected chi connectivity index (χ2v) is 11.4. The third-order valence-corrected chi connectivity index (χ3v) is 6.13. The number of carbonyl (C=O) groups excluding carboxylic acids is 5. The lowest BCUT2D eigenvalue weighted by molar-refractivity contribution is -0.128. The Balaban J connectivity index is 3.14. The van der Waals surface area contributed by atoms with Crippen LogP contribution in [-0.2, 0) is 31.5 Å². The average molecular weight is 623 g/mol. The number of nitrogens with one attached hydrogen (secondary N) is 4. The van der Waals surface area contributed by atoms with Gasteiger partial charge in [-0.2, -0.15) is 0 Å². The van der Waals surface area contributed by atoms with Gasteiger partial charge in [-0.1, -0.05) is 25.8 Å². The highest BCUT2D eigenvalue weighted by molar-refractivity contribution is 6.17. The van der Waals surface area contributed by atoms with Gasteiger partial charge in [0.05, 0.1) is 0 Å². The van der Waals surface area contributed by atoms with Crippen molar-refractivity contribution in [2.75, 3.05) is 25.5 Å². The van der Waals surface area contributed by atoms with Crippen molar-refractivity contribution in [3.63, 3.8) is 0 Å². The highest BCUT2D eigenvalue weighted by Gasteiger charge is 2.30. The molecular formula is C29H43ClN6O7. The Morgan fingerprint density at radius 1 is 1.09 bits per heavy atom. The van der Waals surface area contributed by atoms with E-state index in [1.165, 1.54) is 11.9 Å². The zero-order chi connectivity index (χ0) is 32.7. The lowest BCUT2D eigenvalue weighted by Crippen LogP contribution is -2.55. The van der Waals surface area contributed by atoms with Crippen molar-refractivity contribution in [3.05, 3.63) is 29.3 Å². The van der Waals surface area contributed by atoms with Gasteiger partial charge in [0.15, 0.2) is 6.61 Å². The third-order valence-electron chi connectivity index (χ3n) is 5.84. The topological polar surface area (TPSA) is 181 Å². The quantitative estimate of drug-likeness (QED) is 0.120. The molecule has 0 saturated heterocycles. The third kappa shape index (κ3) is 14.0. The first kappa shape index (κ1) is 36.8. The highest BCUT2D eigenvalue weighted by Crippen LogP contribution is 2.20. The number of carbonyl (C=O) groups is 5. The summed E-state index contributed by atoms with van der Waals surface area (Å²) in [5, 5.41) is 10.5. The molecule has 0 unspecified atom stereocenters. The van der Waals surface area contributed by atoms with Crippen molar-refractivity contribution < 1.29 is 33.4 Å². The molecule has 14 heteroatoms. The molecule has 1 aromatic carbocycles. The second kappa shape index (κ2) is 17.7. The molecular weight excluding hydrogens is 580 g/mol. The van der Waals surface area contributed by atoms with Gasteiger partial charge in [0.1, 0.15) is 17.7 Å². The summed E-state index contributed by atoms with van der Waals surface area (Å²) in [7, 11) is 1.53. The highest BCUT2D eigenvalue weighted by atomic mass is 35.5. The predicted molar refractivity (Wildman–Crippen MR) is 163 cm³/mol. The molecule has 43 heavy (non-hydrogen) atoms. The Morgan fingerprint density at radius 2 is 1.77 bits per heavy atom. The van der Waals surface area contributed by atoms with E-state index in [-0.39, 0.29) is 37.9 Å². The normalized spacial score (nSPS) is 12.3. The van der Waals surface area contributed by atoms with E-state index >= 15 is 0 Å². The van der Waals surface area contributed by atoms with E-state index in [2.05, 4.69) is 27.2 Å². The van der Waals surface area contributed by atoms with Crippen LogP contribution in [-0.4, -0.2) is 72.8 Å². The van der Waals surface area contributed by atoms with E-state index in [9.17, 15) is 24.0 Å². The van der Waals surface area contributed by atoms with E-state index in [1.54, 1.807) is 52.8 Å². The number of terminal acetylenes is 1. The number of hydrogen-bond donors (Lipinski definition) is 5. The molecule has 0 aliphatic carbocycles. The van der Waals surface area contributed by atoms with E-state index in [1.807, 2.05) is 0 Å². The van der Waals surface area contributed by atoms with Gasteiger partial charge in [-0.05, 0) is 62.8 Å². The van der Waals surface area contributed by atoms with Crippen molar-refractivity contribution in [3.8, 4) is 12.3 Å². The fraction of sp³-hybridized carbons (Fsp3) is 0.552. The number of ether oxygens (including phenoxy) is 2. The first-order valence-electron chi connectivity index (χ1n) is 13.7. The Kier molecular flexibility index (Phi) is 15.2. The summed E-state index contributed by atoms with van der Waals surface area (Å²) in [6.07, 6.45) is 4.21. The monoisotopic (exact) mass is 622 g/mol. The summed E-state index contributed by atoms with van der Waals surface area (Å²) >= 11 is 6.09. The number of urea groups is 1. The van der Waals surface area contributed by atoms with Crippen molar-refractivity contribution in [1.29, 1.82) is 0 Å². The van der Waals surface area contributed by atoms with E-state index < -0.39 is 47.7 Å². The first-order valence-corrected chi connectivity index (χ1v) is 14.2. The molecule has 0 aliphatic heterocycles. The van der Waals surface area contributed by atoms with Crippen LogP contribution in [0.2, 0.25) is 0 Å². The van der Waals surface area contributed by atoms with Crippen LogP contribution in [0.4, 0.5) is 20.1 Å². The van der Waals surface area contributed by atoms with E-state index in [0.29, 0.717) is 17.7 Å². The molecule has 0 bridgehead atoms. The molecule has 0 saturated carbocycles. The molecule has 0 fully saturated rings. The largest absolute Gasteiger partial charge is 0.444 e. The smallest absolute Gasteiger partial charge is 0.410 e. The summed E-state index contributed by atoms with van der Waals surface area (Å²) in [5.41, 5.74) is 6.13. The number of amides is 6. The van der Waals surface area contributed by atoms with Crippen LogP contribution in [0.15, 0.2) is 18.2 Å². The Bertz CT molecular complexity index is 1180. The van der Waals surface area contributed by atoms with Gasteiger partial charge >= 0.3 is 18.2 Å². The standard InChI is InChI=1S/C29H43ClN6O7/c1-8-14-42-28(41)36(7)17-20-15-21(12-11-19(20)16-30)33-24(37)22(10-9-13-32-26(31)39)34-25(38)23(18(2)3)35-27(40)43-29(4,5)6/h1,11-12,15,18,22-23H,9-10,13-14,16-17H2,2-7H3,(H,33,37)(H,34,38)(H,35,40)(H3,31,32,39)/t22-,23-/m0/s1. The Hall–Kier alpha value is -4.18. The van der Waals surface area contributed by atoms with Gasteiger partial charge < -0.3 is 41.4 Å². The summed E-state index contributed by atoms with van der Waals surface area (Å²) in [4.78, 5) is 63.6. The molecule has 0 spiro atoms. The number of anilines is 1. The number of nitrogens with zero attached hydrogens (tertiary/aromatic N) is 1. The van der Waals surface area contributed by atoms with E-state index in [4.69, 9.17) is 33.2 Å². The van der Waals surface area contributed by atoms with Gasteiger partial charge in [-0.15, -0.1) is 18.0 Å². The minimum Gasteiger partial charge on any atom is -0.444 e. The molecule has 2 atom stereocenters. The second-order valence-electron chi connectivity index (χ2n) is 11.1. The number of hydrogen-bond acceptors (Lipinski definition) is 7. The van der Waals surface area contributed by atoms with Crippen LogP contribution in [0.25, 0.3) is 0 Å². The number of nitrogens with two attached hydrogens (primary N) is 1. The zero-order valence-corrected chi connectivity index (χ0v) is 26.3. The number of primary amides is 1. The minimum absolute atomic E-state index is 0.126. The number of alkyl carbamates (subject to hydrolysis) is 1. The SMILES string of the molecule is C#CCOC(=O)N(C)Cc1cc(NC(=O)[C@H](CCCNC(N)=O)NC(=O)[C@@H](NC(=O)OC(C)(C)C)C(C)C)ccc1CCl. The van der Waals surface area contributed by atoms with Gasteiger partial charge in [-0.25, -0.2) is 14.4 Å². The maximum absolute atomic E-state index is 13.4. The fourth-order valence-electron chi connectivity index (χ4n) is 3.76. The van der Waals surface area contributed by atoms with Crippen molar-refractivity contribution in [2.24, 2.45) is 11.7 Å². The van der Waals surface area contributed by atoms with Crippen molar-refractivity contribution in [2.45, 2.75) is 77.6 Å². The minimum atomic E-state index is -1.04. The molecule has 0 aliphatic rings. The van der Waals surface area contributed by atoms with Crippen molar-refractivity contribution in [1.82, 2.24) is 20.9 Å². The lowest BCUT2D eigenvalue weighted by Gasteiger charge is -2.27. The Labute approximate surface area is 257 Å². The number of alkyl halides is 1. The Morgan fingerprint density at radius 3 is 2.33 bits per heavy atom. The molecule has 1 aromatic rings. The predicted octanol–water partition coefficient (Wildman–Crippen LogP) is 3.05. The lowest BCUT2D eigenvalue weighted by atomic mass is 10.0. The summed E-state index contributed by atoms with van der Waals surface area (Å²) in [6.45, 7) is 8.72. The van der Waals surface area contributed by atoms with Gasteiger partial charge in [-0.3, -0.25) is 9.59 Å². The first-order chi connectivity index (χ1) is 20.1. The summed E-state index contributed by atoms with van der Waals surface area (Å²) in [5.74, 6) is 0.921. The van der Waals surface area contributed by atoms with Crippen LogP contribution >= 0.6 is 11.6 Å². The molecule has 1 rings (SSSR count). The summed E-state index contributed by atoms with van der Waals surface area (Å²) < 4.78 is 10.2. The zero-order valence-electron chi connectivity index (χ0n) is 25.5. The van der Waals surface area contributed by atoms with Gasteiger partial charge in [0.2, 0.25) is 11.8 Å². The van der Waals surface area contributed by atoms with Crippen LogP contribution in [0, 0.1) is 18.3 Å². The number of benzene rings is 1. The average Bonchev–Trinajstić information content (AvgIpc) is 2.90. The van der Waals surface area contributed by atoms with Crippen molar-refractivity contribution >= 4 is 47.3 Å². The number of rotatable bonds is 14. The maximum atomic E-state index is 13.4. The van der Waals surface area contributed by atoms with Gasteiger partial charge in [0, 0.05) is 31.7 Å². The van der Waals surface area contributed by atoms with Crippen LogP contribution in [0.1, 0.15) is 58.6 Å². The summed E-state index contributed by atoms with van der Waals surface area (Å²) in [6, 6.07) is 2.27. The molecule has 238 valence electrons. The van der Waals surface area contributed by atoms with Gasteiger partial charge in [0.25, 0.3) is 0 Å². The molecule has 0 heterocycles. The van der Waals surface area contributed by atoms with Crippen LogP contribution in [0.3, 0.4) is 0 Å². The van der Waals surface area contributed by atoms with E-state index in [0.717, 1.165) is 5.56 Å². The van der Waals surface area contributed by atoms with Crippen LogP contribution in [0.5, 0.6) is 0 Å². The molecule has 6 N–H and O–H groups in total. The maximum Gasteiger partial charge on any atom is 0.410 e. The molecule has 0 aromatic heterocycles. The fourth-order valence-corrected chi connectivity index (χ4v) is 4.02. The molecule has 13 nitrogen and oxygen atoms in total. The number of halogens is 1. The van der Waals surface area contributed by atoms with Crippen LogP contribution < -0.4 is 27.0 Å². The molecule has 6 amide bonds.